The van der Waals surface area contributed by atoms with Gasteiger partial charge in [-0.05, 0) is 37.5 Å². The third-order valence-corrected chi connectivity index (χ3v) is 2.91. The van der Waals surface area contributed by atoms with Crippen molar-refractivity contribution in [1.29, 1.82) is 0 Å². The number of hydrogen-bond acceptors (Lipinski definition) is 3. The second-order valence-electron chi connectivity index (χ2n) is 5.11. The lowest BCUT2D eigenvalue weighted by molar-refractivity contribution is 0.281. The molecular weight excluding hydrogens is 224 g/mol. The van der Waals surface area contributed by atoms with Gasteiger partial charge in [0.25, 0.3) is 0 Å². The van der Waals surface area contributed by atoms with E-state index in [4.69, 9.17) is 0 Å². The van der Waals surface area contributed by atoms with Crippen LogP contribution in [0, 0.1) is 0 Å². The number of nitrogens with zero attached hydrogens (tertiary/aromatic N) is 2. The molecule has 0 amide bonds. The van der Waals surface area contributed by atoms with Crippen molar-refractivity contribution >= 4 is 5.82 Å². The normalized spacial score (nSPS) is 11.1. The quantitative estimate of drug-likeness (QED) is 0.786. The van der Waals surface area contributed by atoms with E-state index in [9.17, 15) is 5.11 Å². The first-order valence-corrected chi connectivity index (χ1v) is 6.48. The molecular formula is C15H24N2O. The fourth-order valence-electron chi connectivity index (χ4n) is 1.84. The van der Waals surface area contributed by atoms with Crippen LogP contribution in [0.25, 0.3) is 0 Å². The number of aromatic nitrogens is 1. The lowest BCUT2D eigenvalue weighted by Gasteiger charge is -2.27. The lowest BCUT2D eigenvalue weighted by atomic mass is 10.1. The van der Waals surface area contributed by atoms with Gasteiger partial charge in [0.1, 0.15) is 5.82 Å². The molecule has 0 saturated carbocycles. The standard InChI is InChI=1S/C15H24N2O/c1-6-7-17(12(4)5)15-9-13(10-18)8-14(16-15)11(2)3/h6,8-9,11-12,18H,1,7,10H2,2-5H3. The molecule has 3 heteroatoms. The van der Waals surface area contributed by atoms with Gasteiger partial charge in [-0.2, -0.15) is 0 Å². The molecule has 1 aromatic heterocycles. The molecule has 0 aliphatic carbocycles. The van der Waals surface area contributed by atoms with E-state index in [2.05, 4.69) is 44.2 Å². The van der Waals surface area contributed by atoms with Gasteiger partial charge in [-0.1, -0.05) is 19.9 Å². The number of aliphatic hydroxyl groups excluding tert-OH is 1. The van der Waals surface area contributed by atoms with Gasteiger partial charge in [-0.25, -0.2) is 4.98 Å². The maximum Gasteiger partial charge on any atom is 0.129 e. The van der Waals surface area contributed by atoms with Crippen LogP contribution in [0.5, 0.6) is 0 Å². The van der Waals surface area contributed by atoms with Crippen LogP contribution in [-0.4, -0.2) is 22.7 Å². The molecule has 1 rings (SSSR count). The number of hydrogen-bond donors (Lipinski definition) is 1. The van der Waals surface area contributed by atoms with Gasteiger partial charge in [0.05, 0.1) is 6.61 Å². The van der Waals surface area contributed by atoms with E-state index >= 15 is 0 Å². The van der Waals surface area contributed by atoms with E-state index in [-0.39, 0.29) is 6.61 Å². The van der Waals surface area contributed by atoms with Gasteiger partial charge in [0, 0.05) is 18.3 Å². The van der Waals surface area contributed by atoms with Gasteiger partial charge < -0.3 is 10.0 Å². The van der Waals surface area contributed by atoms with Crippen LogP contribution < -0.4 is 4.90 Å². The molecule has 18 heavy (non-hydrogen) atoms. The Morgan fingerprint density at radius 3 is 2.44 bits per heavy atom. The maximum absolute atomic E-state index is 9.35. The summed E-state index contributed by atoms with van der Waals surface area (Å²) in [7, 11) is 0. The molecule has 0 spiro atoms. The van der Waals surface area contributed by atoms with Crippen molar-refractivity contribution < 1.29 is 5.11 Å². The van der Waals surface area contributed by atoms with Gasteiger partial charge in [0.15, 0.2) is 0 Å². The molecule has 1 N–H and O–H groups in total. The van der Waals surface area contributed by atoms with Crippen molar-refractivity contribution in [3.63, 3.8) is 0 Å². The summed E-state index contributed by atoms with van der Waals surface area (Å²) in [5.41, 5.74) is 1.93. The summed E-state index contributed by atoms with van der Waals surface area (Å²) in [6.07, 6.45) is 1.88. The largest absolute Gasteiger partial charge is 0.392 e. The molecule has 0 aliphatic rings. The third kappa shape index (κ3) is 3.57. The van der Waals surface area contributed by atoms with Gasteiger partial charge in [-0.15, -0.1) is 6.58 Å². The highest BCUT2D eigenvalue weighted by atomic mass is 16.3. The SMILES string of the molecule is C=CCN(c1cc(CO)cc(C(C)C)n1)C(C)C. The highest BCUT2D eigenvalue weighted by Crippen LogP contribution is 2.21. The van der Waals surface area contributed by atoms with Crippen LogP contribution in [0.2, 0.25) is 0 Å². The maximum atomic E-state index is 9.35. The van der Waals surface area contributed by atoms with Crippen LogP contribution in [0.15, 0.2) is 24.8 Å². The zero-order valence-corrected chi connectivity index (χ0v) is 11.8. The summed E-state index contributed by atoms with van der Waals surface area (Å²) in [6, 6.07) is 4.28. The van der Waals surface area contributed by atoms with E-state index in [1.54, 1.807) is 0 Å². The summed E-state index contributed by atoms with van der Waals surface area (Å²) in [5, 5.41) is 9.35. The Labute approximate surface area is 110 Å². The first-order chi connectivity index (χ1) is 8.49. The molecule has 0 aliphatic heterocycles. The van der Waals surface area contributed by atoms with Crippen LogP contribution in [-0.2, 0) is 6.61 Å². The molecule has 0 radical (unpaired) electrons. The molecule has 0 aromatic carbocycles. The predicted molar refractivity (Wildman–Crippen MR) is 76.9 cm³/mol. The smallest absolute Gasteiger partial charge is 0.129 e. The van der Waals surface area contributed by atoms with Crippen LogP contribution in [0.1, 0.15) is 44.9 Å². The Morgan fingerprint density at radius 2 is 2.00 bits per heavy atom. The lowest BCUT2D eigenvalue weighted by Crippen LogP contribution is -2.31. The minimum atomic E-state index is 0.0509. The zero-order valence-electron chi connectivity index (χ0n) is 11.8. The van der Waals surface area contributed by atoms with Crippen molar-refractivity contribution in [3.05, 3.63) is 36.0 Å². The van der Waals surface area contributed by atoms with Crippen LogP contribution in [0.4, 0.5) is 5.82 Å². The summed E-state index contributed by atoms with van der Waals surface area (Å²) >= 11 is 0. The van der Waals surface area contributed by atoms with Gasteiger partial charge >= 0.3 is 0 Å². The summed E-state index contributed by atoms with van der Waals surface area (Å²) in [6.45, 7) is 13.1. The second-order valence-corrected chi connectivity index (χ2v) is 5.11. The molecule has 1 heterocycles. The van der Waals surface area contributed by atoms with E-state index < -0.39 is 0 Å². The minimum Gasteiger partial charge on any atom is -0.392 e. The third-order valence-electron chi connectivity index (χ3n) is 2.91. The zero-order chi connectivity index (χ0) is 13.7. The number of rotatable bonds is 6. The topological polar surface area (TPSA) is 36.4 Å². The second kappa shape index (κ2) is 6.55. The van der Waals surface area contributed by atoms with E-state index in [1.165, 1.54) is 0 Å². The Hall–Kier alpha value is -1.35. The van der Waals surface area contributed by atoms with Crippen molar-refractivity contribution in [2.45, 2.75) is 46.3 Å². The Balaban J connectivity index is 3.19. The molecule has 100 valence electrons. The highest BCUT2D eigenvalue weighted by Gasteiger charge is 2.13. The predicted octanol–water partition coefficient (Wildman–Crippen LogP) is 3.10. The van der Waals surface area contributed by atoms with Crippen LogP contribution in [0.3, 0.4) is 0 Å². The summed E-state index contributed by atoms with van der Waals surface area (Å²) < 4.78 is 0. The molecule has 1 aromatic rings. The average Bonchev–Trinajstić information content (AvgIpc) is 2.34. The summed E-state index contributed by atoms with van der Waals surface area (Å²) in [5.74, 6) is 1.27. The fourth-order valence-corrected chi connectivity index (χ4v) is 1.84. The monoisotopic (exact) mass is 248 g/mol. The first-order valence-electron chi connectivity index (χ1n) is 6.48. The molecule has 0 atom stereocenters. The van der Waals surface area contributed by atoms with E-state index in [0.29, 0.717) is 12.0 Å². The van der Waals surface area contributed by atoms with Crippen molar-refractivity contribution in [1.82, 2.24) is 4.98 Å². The van der Waals surface area contributed by atoms with Crippen molar-refractivity contribution in [2.24, 2.45) is 0 Å². The summed E-state index contributed by atoms with van der Waals surface area (Å²) in [4.78, 5) is 6.87. The van der Waals surface area contributed by atoms with Crippen molar-refractivity contribution in [3.8, 4) is 0 Å². The number of aliphatic hydroxyl groups is 1. The van der Waals surface area contributed by atoms with E-state index in [0.717, 1.165) is 23.6 Å². The molecule has 0 saturated heterocycles. The number of pyridine rings is 1. The van der Waals surface area contributed by atoms with Crippen molar-refractivity contribution in [2.75, 3.05) is 11.4 Å². The number of anilines is 1. The molecule has 0 fully saturated rings. The average molecular weight is 248 g/mol. The Bertz CT molecular complexity index is 399. The fraction of sp³-hybridized carbons (Fsp3) is 0.533. The highest BCUT2D eigenvalue weighted by molar-refractivity contribution is 5.44. The molecule has 0 bridgehead atoms. The van der Waals surface area contributed by atoms with Crippen LogP contribution >= 0.6 is 0 Å². The van der Waals surface area contributed by atoms with Gasteiger partial charge in [0.2, 0.25) is 0 Å². The first kappa shape index (κ1) is 14.7. The Kier molecular flexibility index (Phi) is 5.35. The molecule has 0 unspecified atom stereocenters. The van der Waals surface area contributed by atoms with E-state index in [1.807, 2.05) is 18.2 Å². The van der Waals surface area contributed by atoms with Gasteiger partial charge in [-0.3, -0.25) is 0 Å². The molecule has 3 nitrogen and oxygen atoms in total. The Morgan fingerprint density at radius 1 is 1.33 bits per heavy atom. The minimum absolute atomic E-state index is 0.0509.